The number of rotatable bonds is 1. The second-order valence-corrected chi connectivity index (χ2v) is 4.81. The molecule has 6 heteroatoms. The molecule has 5 nitrogen and oxygen atoms in total. The molecule has 17 heavy (non-hydrogen) atoms. The van der Waals surface area contributed by atoms with Gasteiger partial charge in [0.15, 0.2) is 0 Å². The fourth-order valence-electron chi connectivity index (χ4n) is 1.19. The zero-order valence-electron chi connectivity index (χ0n) is 9.58. The van der Waals surface area contributed by atoms with E-state index in [1.165, 1.54) is 6.07 Å². The lowest BCUT2D eigenvalue weighted by atomic mass is 10.2. The highest BCUT2D eigenvalue weighted by molar-refractivity contribution is 7.85. The number of hydrogen-bond acceptors (Lipinski definition) is 3. The van der Waals surface area contributed by atoms with Gasteiger partial charge in [-0.15, -0.1) is 0 Å². The SMILES string of the molecule is Cc1ccccc1S(=O)(=O)O.Cc1ncc[nH]1. The number of hydrogen-bond donors (Lipinski definition) is 2. The molecule has 0 atom stereocenters. The number of H-pyrrole nitrogens is 1. The van der Waals surface area contributed by atoms with Gasteiger partial charge in [0.1, 0.15) is 5.82 Å². The van der Waals surface area contributed by atoms with Crippen LogP contribution in [0.25, 0.3) is 0 Å². The van der Waals surface area contributed by atoms with Gasteiger partial charge in [0.2, 0.25) is 0 Å². The Labute approximate surface area is 100 Å². The van der Waals surface area contributed by atoms with Crippen LogP contribution >= 0.6 is 0 Å². The fourth-order valence-corrected chi connectivity index (χ4v) is 1.92. The first-order valence-electron chi connectivity index (χ1n) is 4.90. The van der Waals surface area contributed by atoms with Crippen molar-refractivity contribution in [3.63, 3.8) is 0 Å². The molecule has 1 heterocycles. The standard InChI is InChI=1S/C7H8O3S.C4H6N2/c1-6-4-2-3-5-7(6)11(8,9)10;1-4-5-2-3-6-4/h2-5H,1H3,(H,8,9,10);2-3H,1H3,(H,5,6). The highest BCUT2D eigenvalue weighted by Gasteiger charge is 2.10. The molecule has 0 fully saturated rings. The third kappa shape index (κ3) is 4.38. The quantitative estimate of drug-likeness (QED) is 0.762. The molecule has 0 spiro atoms. The first-order valence-corrected chi connectivity index (χ1v) is 6.34. The van der Waals surface area contributed by atoms with Crippen LogP contribution in [-0.4, -0.2) is 22.9 Å². The van der Waals surface area contributed by atoms with Crippen LogP contribution in [0.15, 0.2) is 41.6 Å². The Balaban J connectivity index is 0.000000202. The first kappa shape index (κ1) is 13.4. The van der Waals surface area contributed by atoms with Gasteiger partial charge in [-0.1, -0.05) is 18.2 Å². The first-order chi connectivity index (χ1) is 7.91. The van der Waals surface area contributed by atoms with Gasteiger partial charge >= 0.3 is 0 Å². The van der Waals surface area contributed by atoms with Crippen LogP contribution in [0.3, 0.4) is 0 Å². The van der Waals surface area contributed by atoms with Gasteiger partial charge in [-0.05, 0) is 25.5 Å². The molecule has 2 rings (SSSR count). The summed E-state index contributed by atoms with van der Waals surface area (Å²) in [6.45, 7) is 3.54. The molecule has 0 aliphatic heterocycles. The average Bonchev–Trinajstić information content (AvgIpc) is 2.69. The van der Waals surface area contributed by atoms with Crippen molar-refractivity contribution in [1.29, 1.82) is 0 Å². The van der Waals surface area contributed by atoms with Crippen molar-refractivity contribution in [3.8, 4) is 0 Å². The highest BCUT2D eigenvalue weighted by Crippen LogP contribution is 2.12. The minimum Gasteiger partial charge on any atom is -0.349 e. The molecule has 0 unspecified atom stereocenters. The molecule has 2 N–H and O–H groups in total. The molecule has 2 aromatic rings. The Morgan fingerprint density at radius 1 is 1.24 bits per heavy atom. The van der Waals surface area contributed by atoms with Crippen molar-refractivity contribution < 1.29 is 13.0 Å². The van der Waals surface area contributed by atoms with Crippen molar-refractivity contribution in [2.24, 2.45) is 0 Å². The summed E-state index contributed by atoms with van der Waals surface area (Å²) in [6.07, 6.45) is 3.53. The summed E-state index contributed by atoms with van der Waals surface area (Å²) in [5.74, 6) is 0.968. The molecule has 92 valence electrons. The smallest absolute Gasteiger partial charge is 0.294 e. The summed E-state index contributed by atoms with van der Waals surface area (Å²) in [7, 11) is -4.03. The molecule has 0 bridgehead atoms. The summed E-state index contributed by atoms with van der Waals surface area (Å²) in [5.41, 5.74) is 0.551. The van der Waals surface area contributed by atoms with E-state index in [-0.39, 0.29) is 4.90 Å². The summed E-state index contributed by atoms with van der Waals surface area (Å²) in [5, 5.41) is 0. The van der Waals surface area contributed by atoms with E-state index in [0.717, 1.165) is 5.82 Å². The molecule has 0 aliphatic rings. The highest BCUT2D eigenvalue weighted by atomic mass is 32.2. The zero-order valence-corrected chi connectivity index (χ0v) is 10.4. The van der Waals surface area contributed by atoms with Crippen LogP contribution in [0.2, 0.25) is 0 Å². The van der Waals surface area contributed by atoms with Crippen molar-refractivity contribution in [1.82, 2.24) is 9.97 Å². The summed E-state index contributed by atoms with van der Waals surface area (Å²) < 4.78 is 29.9. The van der Waals surface area contributed by atoms with Crippen molar-refractivity contribution in [2.45, 2.75) is 18.7 Å². The second-order valence-electron chi connectivity index (χ2n) is 3.42. The van der Waals surface area contributed by atoms with Crippen LogP contribution in [0.1, 0.15) is 11.4 Å². The molecule has 0 amide bonds. The summed E-state index contributed by atoms with van der Waals surface area (Å²) >= 11 is 0. The Morgan fingerprint density at radius 2 is 1.88 bits per heavy atom. The van der Waals surface area contributed by atoms with Gasteiger partial charge in [0.05, 0.1) is 4.90 Å². The maximum absolute atomic E-state index is 10.6. The average molecular weight is 254 g/mol. The molecule has 0 saturated carbocycles. The summed E-state index contributed by atoms with van der Waals surface area (Å²) in [4.78, 5) is 6.72. The van der Waals surface area contributed by atoms with Crippen LogP contribution in [0.4, 0.5) is 0 Å². The topological polar surface area (TPSA) is 83.1 Å². The van der Waals surface area contributed by atoms with Gasteiger partial charge in [0.25, 0.3) is 10.1 Å². The monoisotopic (exact) mass is 254 g/mol. The summed E-state index contributed by atoms with van der Waals surface area (Å²) in [6, 6.07) is 6.27. The molecule has 1 aromatic heterocycles. The molecular formula is C11H14N2O3S. The zero-order chi connectivity index (χ0) is 12.9. The number of nitrogens with one attached hydrogen (secondary N) is 1. The van der Waals surface area contributed by atoms with Crippen molar-refractivity contribution in [3.05, 3.63) is 48.0 Å². The normalized spacial score (nSPS) is 10.5. The van der Waals surface area contributed by atoms with E-state index >= 15 is 0 Å². The lowest BCUT2D eigenvalue weighted by molar-refractivity contribution is 0.482. The van der Waals surface area contributed by atoms with Crippen LogP contribution < -0.4 is 0 Å². The van der Waals surface area contributed by atoms with E-state index in [1.807, 2.05) is 6.92 Å². The maximum Gasteiger partial charge on any atom is 0.294 e. The van der Waals surface area contributed by atoms with Crippen LogP contribution in [0.5, 0.6) is 0 Å². The Hall–Kier alpha value is -1.66. The minimum absolute atomic E-state index is 0.0278. The number of benzene rings is 1. The number of imidazole rings is 1. The lowest BCUT2D eigenvalue weighted by Gasteiger charge is -1.99. The van der Waals surface area contributed by atoms with Crippen LogP contribution in [-0.2, 0) is 10.1 Å². The van der Waals surface area contributed by atoms with E-state index in [4.69, 9.17) is 4.55 Å². The predicted octanol–water partition coefficient (Wildman–Crippen LogP) is 1.96. The van der Waals surface area contributed by atoms with E-state index < -0.39 is 10.1 Å². The van der Waals surface area contributed by atoms with Gasteiger partial charge < -0.3 is 4.98 Å². The van der Waals surface area contributed by atoms with Gasteiger partial charge in [-0.25, -0.2) is 4.98 Å². The van der Waals surface area contributed by atoms with E-state index in [1.54, 1.807) is 37.5 Å². The Bertz CT molecular complexity index is 562. The molecule has 0 radical (unpaired) electrons. The van der Waals surface area contributed by atoms with Gasteiger partial charge in [-0.2, -0.15) is 8.42 Å². The van der Waals surface area contributed by atoms with Crippen molar-refractivity contribution >= 4 is 10.1 Å². The van der Waals surface area contributed by atoms with Gasteiger partial charge in [0, 0.05) is 12.4 Å². The molecule has 1 aromatic carbocycles. The second kappa shape index (κ2) is 5.60. The number of aromatic amines is 1. The minimum atomic E-state index is -4.03. The lowest BCUT2D eigenvalue weighted by Crippen LogP contribution is -1.99. The molecular weight excluding hydrogens is 240 g/mol. The van der Waals surface area contributed by atoms with E-state index in [0.29, 0.717) is 5.56 Å². The maximum atomic E-state index is 10.6. The van der Waals surface area contributed by atoms with Gasteiger partial charge in [-0.3, -0.25) is 4.55 Å². The predicted molar refractivity (Wildman–Crippen MR) is 64.3 cm³/mol. The molecule has 0 saturated heterocycles. The Kier molecular flexibility index (Phi) is 4.42. The third-order valence-corrected chi connectivity index (χ3v) is 3.02. The largest absolute Gasteiger partial charge is 0.349 e. The van der Waals surface area contributed by atoms with E-state index in [2.05, 4.69) is 9.97 Å². The van der Waals surface area contributed by atoms with E-state index in [9.17, 15) is 8.42 Å². The number of nitrogens with zero attached hydrogens (tertiary/aromatic N) is 1. The van der Waals surface area contributed by atoms with Crippen molar-refractivity contribution in [2.75, 3.05) is 0 Å². The third-order valence-electron chi connectivity index (χ3n) is 2.01. The fraction of sp³-hybridized carbons (Fsp3) is 0.182. The number of aromatic nitrogens is 2. The van der Waals surface area contributed by atoms with Crippen LogP contribution in [0, 0.1) is 13.8 Å². The Morgan fingerprint density at radius 3 is 2.18 bits per heavy atom. The molecule has 0 aliphatic carbocycles. The number of aryl methyl sites for hydroxylation is 2.